The van der Waals surface area contributed by atoms with E-state index in [9.17, 15) is 4.79 Å². The van der Waals surface area contributed by atoms with E-state index in [1.165, 1.54) is 5.56 Å². The molecule has 4 rings (SSSR count). The Morgan fingerprint density at radius 1 is 0.964 bits per heavy atom. The number of hydrogen-bond donors (Lipinski definition) is 0. The predicted octanol–water partition coefficient (Wildman–Crippen LogP) is 4.01. The summed E-state index contributed by atoms with van der Waals surface area (Å²) >= 11 is 1.66. The van der Waals surface area contributed by atoms with Crippen molar-refractivity contribution in [1.29, 1.82) is 0 Å². The van der Waals surface area contributed by atoms with Crippen molar-refractivity contribution >= 4 is 17.2 Å². The SMILES string of the molecule is Cc1nc(-c2ccc(CC(=O)N3CCN(Cc4ccccc4)CC3)cc2)cs1. The molecule has 4 nitrogen and oxygen atoms in total. The monoisotopic (exact) mass is 391 g/mol. The maximum atomic E-state index is 12.7. The predicted molar refractivity (Wildman–Crippen MR) is 114 cm³/mol. The second-order valence-electron chi connectivity index (χ2n) is 7.27. The van der Waals surface area contributed by atoms with E-state index in [1.54, 1.807) is 11.3 Å². The van der Waals surface area contributed by atoms with Crippen LogP contribution in [0.5, 0.6) is 0 Å². The first-order valence-corrected chi connectivity index (χ1v) is 10.6. The van der Waals surface area contributed by atoms with Gasteiger partial charge in [-0.3, -0.25) is 9.69 Å². The minimum Gasteiger partial charge on any atom is -0.340 e. The van der Waals surface area contributed by atoms with Crippen LogP contribution in [0.2, 0.25) is 0 Å². The molecule has 2 aromatic carbocycles. The highest BCUT2D eigenvalue weighted by Gasteiger charge is 2.21. The molecule has 0 unspecified atom stereocenters. The largest absolute Gasteiger partial charge is 0.340 e. The molecule has 0 saturated carbocycles. The first-order valence-electron chi connectivity index (χ1n) is 9.73. The Hall–Kier alpha value is -2.50. The Labute approximate surface area is 170 Å². The van der Waals surface area contributed by atoms with E-state index in [1.807, 2.05) is 30.0 Å². The van der Waals surface area contributed by atoms with Crippen molar-refractivity contribution in [3.05, 3.63) is 76.1 Å². The number of benzene rings is 2. The van der Waals surface area contributed by atoms with E-state index in [0.717, 1.165) is 54.6 Å². The molecule has 0 N–H and O–H groups in total. The number of carbonyl (C=O) groups is 1. The molecule has 0 atom stereocenters. The summed E-state index contributed by atoms with van der Waals surface area (Å²) in [6.07, 6.45) is 0.467. The molecule has 1 aliphatic heterocycles. The van der Waals surface area contributed by atoms with Crippen LogP contribution in [-0.4, -0.2) is 46.9 Å². The molecule has 0 spiro atoms. The normalized spacial score (nSPS) is 15.0. The van der Waals surface area contributed by atoms with Gasteiger partial charge in [-0.05, 0) is 18.1 Å². The Morgan fingerprint density at radius 3 is 2.32 bits per heavy atom. The number of aromatic nitrogens is 1. The summed E-state index contributed by atoms with van der Waals surface area (Å²) in [5.74, 6) is 0.219. The van der Waals surface area contributed by atoms with Gasteiger partial charge in [-0.1, -0.05) is 54.6 Å². The molecule has 28 heavy (non-hydrogen) atoms. The number of thiazole rings is 1. The molecule has 1 fully saturated rings. The fourth-order valence-corrected chi connectivity index (χ4v) is 4.19. The molecule has 1 saturated heterocycles. The molecule has 5 heteroatoms. The van der Waals surface area contributed by atoms with Crippen LogP contribution in [0.3, 0.4) is 0 Å². The average Bonchev–Trinajstić information content (AvgIpc) is 3.16. The van der Waals surface area contributed by atoms with Crippen LogP contribution in [0, 0.1) is 6.92 Å². The standard InChI is InChI=1S/C23H25N3OS/c1-18-24-22(17-28-18)21-9-7-19(8-10-21)15-23(27)26-13-11-25(12-14-26)16-20-5-3-2-4-6-20/h2-10,17H,11-16H2,1H3. The van der Waals surface area contributed by atoms with E-state index in [0.29, 0.717) is 6.42 Å². The lowest BCUT2D eigenvalue weighted by atomic mass is 10.1. The van der Waals surface area contributed by atoms with Crippen LogP contribution >= 0.6 is 11.3 Å². The van der Waals surface area contributed by atoms with Gasteiger partial charge in [-0.2, -0.15) is 0 Å². The van der Waals surface area contributed by atoms with E-state index in [2.05, 4.69) is 51.7 Å². The van der Waals surface area contributed by atoms with Gasteiger partial charge in [0.05, 0.1) is 17.1 Å². The molecule has 144 valence electrons. The Balaban J connectivity index is 1.28. The second-order valence-corrected chi connectivity index (χ2v) is 8.33. The Bertz CT molecular complexity index is 913. The van der Waals surface area contributed by atoms with Gasteiger partial charge < -0.3 is 4.90 Å². The quantitative estimate of drug-likeness (QED) is 0.659. The lowest BCUT2D eigenvalue weighted by molar-refractivity contribution is -0.132. The van der Waals surface area contributed by atoms with Gasteiger partial charge in [0.2, 0.25) is 5.91 Å². The summed E-state index contributed by atoms with van der Waals surface area (Å²) in [6, 6.07) is 18.8. The van der Waals surface area contributed by atoms with Crippen molar-refractivity contribution in [1.82, 2.24) is 14.8 Å². The van der Waals surface area contributed by atoms with Crippen molar-refractivity contribution < 1.29 is 4.79 Å². The van der Waals surface area contributed by atoms with Crippen molar-refractivity contribution in [3.63, 3.8) is 0 Å². The third-order valence-electron chi connectivity index (χ3n) is 5.20. The van der Waals surface area contributed by atoms with Gasteiger partial charge in [0, 0.05) is 43.7 Å². The highest BCUT2D eigenvalue weighted by Crippen LogP contribution is 2.22. The number of rotatable bonds is 5. The summed E-state index contributed by atoms with van der Waals surface area (Å²) in [5.41, 5.74) is 4.51. The summed E-state index contributed by atoms with van der Waals surface area (Å²) in [7, 11) is 0. The average molecular weight is 392 g/mol. The van der Waals surface area contributed by atoms with Crippen molar-refractivity contribution in [2.45, 2.75) is 19.9 Å². The molecule has 0 aliphatic carbocycles. The highest BCUT2D eigenvalue weighted by atomic mass is 32.1. The van der Waals surface area contributed by atoms with E-state index in [-0.39, 0.29) is 5.91 Å². The molecule has 1 amide bonds. The second kappa shape index (κ2) is 8.67. The fourth-order valence-electron chi connectivity index (χ4n) is 3.57. The topological polar surface area (TPSA) is 36.4 Å². The molecular formula is C23H25N3OS. The lowest BCUT2D eigenvalue weighted by Gasteiger charge is -2.34. The molecule has 0 radical (unpaired) electrons. The van der Waals surface area contributed by atoms with Crippen molar-refractivity contribution in [3.8, 4) is 11.3 Å². The highest BCUT2D eigenvalue weighted by molar-refractivity contribution is 7.09. The van der Waals surface area contributed by atoms with Gasteiger partial charge in [0.15, 0.2) is 0 Å². The number of amides is 1. The van der Waals surface area contributed by atoms with Crippen LogP contribution in [0.25, 0.3) is 11.3 Å². The van der Waals surface area contributed by atoms with Crippen molar-refractivity contribution in [2.75, 3.05) is 26.2 Å². The smallest absolute Gasteiger partial charge is 0.227 e. The zero-order valence-electron chi connectivity index (χ0n) is 16.2. The number of nitrogens with zero attached hydrogens (tertiary/aromatic N) is 3. The minimum absolute atomic E-state index is 0.219. The summed E-state index contributed by atoms with van der Waals surface area (Å²) in [6.45, 7) is 6.45. The minimum atomic E-state index is 0.219. The zero-order chi connectivity index (χ0) is 19.3. The molecule has 1 aliphatic rings. The van der Waals surface area contributed by atoms with Crippen molar-refractivity contribution in [2.24, 2.45) is 0 Å². The Kier molecular flexibility index (Phi) is 5.84. The summed E-state index contributed by atoms with van der Waals surface area (Å²) in [5, 5.41) is 3.14. The maximum absolute atomic E-state index is 12.7. The third-order valence-corrected chi connectivity index (χ3v) is 5.97. The molecular weight excluding hydrogens is 366 g/mol. The number of aryl methyl sites for hydroxylation is 1. The van der Waals surface area contributed by atoms with Gasteiger partial charge in [-0.25, -0.2) is 4.98 Å². The third kappa shape index (κ3) is 4.66. The zero-order valence-corrected chi connectivity index (χ0v) is 17.0. The van der Waals surface area contributed by atoms with E-state index >= 15 is 0 Å². The van der Waals surface area contributed by atoms with Gasteiger partial charge in [0.25, 0.3) is 0 Å². The number of carbonyl (C=O) groups excluding carboxylic acids is 1. The molecule has 0 bridgehead atoms. The van der Waals surface area contributed by atoms with E-state index in [4.69, 9.17) is 0 Å². The van der Waals surface area contributed by atoms with Gasteiger partial charge >= 0.3 is 0 Å². The van der Waals surface area contributed by atoms with E-state index < -0.39 is 0 Å². The Morgan fingerprint density at radius 2 is 1.68 bits per heavy atom. The van der Waals surface area contributed by atoms with Crippen LogP contribution in [-0.2, 0) is 17.8 Å². The van der Waals surface area contributed by atoms with Crippen LogP contribution < -0.4 is 0 Å². The fraction of sp³-hybridized carbons (Fsp3) is 0.304. The lowest BCUT2D eigenvalue weighted by Crippen LogP contribution is -2.48. The van der Waals surface area contributed by atoms with Crippen LogP contribution in [0.15, 0.2) is 60.0 Å². The molecule has 1 aromatic heterocycles. The van der Waals surface area contributed by atoms with Crippen LogP contribution in [0.1, 0.15) is 16.1 Å². The van der Waals surface area contributed by atoms with Gasteiger partial charge in [-0.15, -0.1) is 11.3 Å². The van der Waals surface area contributed by atoms with Crippen LogP contribution in [0.4, 0.5) is 0 Å². The molecule has 3 aromatic rings. The molecule has 2 heterocycles. The number of piperazine rings is 1. The van der Waals surface area contributed by atoms with Gasteiger partial charge in [0.1, 0.15) is 0 Å². The number of hydrogen-bond acceptors (Lipinski definition) is 4. The maximum Gasteiger partial charge on any atom is 0.227 e. The first kappa shape index (κ1) is 18.8. The summed E-state index contributed by atoms with van der Waals surface area (Å²) in [4.78, 5) is 21.6. The first-order chi connectivity index (χ1) is 13.7. The summed E-state index contributed by atoms with van der Waals surface area (Å²) < 4.78 is 0.